The lowest BCUT2D eigenvalue weighted by Crippen LogP contribution is -2.25. The molecule has 5 nitrogen and oxygen atoms in total. The van der Waals surface area contributed by atoms with E-state index in [-0.39, 0.29) is 12.5 Å². The summed E-state index contributed by atoms with van der Waals surface area (Å²) >= 11 is 0. The number of hydrogen-bond acceptors (Lipinski definition) is 3. The van der Waals surface area contributed by atoms with Crippen LogP contribution in [0.15, 0.2) is 67.0 Å². The Labute approximate surface area is 157 Å². The van der Waals surface area contributed by atoms with Crippen LogP contribution in [-0.2, 0) is 13.0 Å². The van der Waals surface area contributed by atoms with Crippen molar-refractivity contribution in [2.45, 2.75) is 13.0 Å². The second kappa shape index (κ2) is 7.60. The number of hydrogen-bond donors (Lipinski definition) is 2. The van der Waals surface area contributed by atoms with Gasteiger partial charge in [0, 0.05) is 18.7 Å². The maximum atomic E-state index is 12.5. The molecule has 4 aromatic rings. The van der Waals surface area contributed by atoms with E-state index in [4.69, 9.17) is 5.11 Å². The second-order valence-corrected chi connectivity index (χ2v) is 6.55. The Bertz CT molecular complexity index is 1100. The van der Waals surface area contributed by atoms with Crippen LogP contribution in [0.1, 0.15) is 15.9 Å². The number of benzene rings is 3. The summed E-state index contributed by atoms with van der Waals surface area (Å²) in [7, 11) is 0. The monoisotopic (exact) mass is 359 g/mol. The Morgan fingerprint density at radius 1 is 1.04 bits per heavy atom. The number of imidazole rings is 1. The highest BCUT2D eigenvalue weighted by molar-refractivity contribution is 5.97. The average molecular weight is 359 g/mol. The summed E-state index contributed by atoms with van der Waals surface area (Å²) in [6.07, 6.45) is 2.46. The van der Waals surface area contributed by atoms with Crippen molar-refractivity contribution in [2.24, 2.45) is 0 Å². The summed E-state index contributed by atoms with van der Waals surface area (Å²) in [5.74, 6) is -0.102. The summed E-state index contributed by atoms with van der Waals surface area (Å²) in [6.45, 7) is 1.07. The molecule has 0 bridgehead atoms. The number of fused-ring (bicyclic) bond motifs is 2. The molecule has 0 aliphatic carbocycles. The molecule has 0 spiro atoms. The molecule has 136 valence electrons. The van der Waals surface area contributed by atoms with Crippen LogP contribution in [0.25, 0.3) is 21.8 Å². The van der Waals surface area contributed by atoms with Gasteiger partial charge in [0.15, 0.2) is 0 Å². The Morgan fingerprint density at radius 2 is 1.89 bits per heavy atom. The Balaban J connectivity index is 1.42. The molecule has 0 fully saturated rings. The first kappa shape index (κ1) is 17.2. The van der Waals surface area contributed by atoms with E-state index >= 15 is 0 Å². The predicted molar refractivity (Wildman–Crippen MR) is 107 cm³/mol. The first-order valence-electron chi connectivity index (χ1n) is 9.06. The van der Waals surface area contributed by atoms with Crippen molar-refractivity contribution in [3.63, 3.8) is 0 Å². The maximum absolute atomic E-state index is 12.5. The van der Waals surface area contributed by atoms with Crippen LogP contribution in [0.3, 0.4) is 0 Å². The van der Waals surface area contributed by atoms with E-state index in [0.717, 1.165) is 17.5 Å². The van der Waals surface area contributed by atoms with E-state index < -0.39 is 0 Å². The minimum absolute atomic E-state index is 0.0354. The molecule has 0 saturated carbocycles. The highest BCUT2D eigenvalue weighted by Gasteiger charge is 2.09. The molecular formula is C22H21N3O2. The highest BCUT2D eigenvalue weighted by atomic mass is 16.3. The summed E-state index contributed by atoms with van der Waals surface area (Å²) in [5.41, 5.74) is 3.47. The van der Waals surface area contributed by atoms with Crippen LogP contribution in [0, 0.1) is 0 Å². The third-order valence-electron chi connectivity index (χ3n) is 4.74. The van der Waals surface area contributed by atoms with Crippen LogP contribution >= 0.6 is 0 Å². The minimum atomic E-state index is -0.102. The summed E-state index contributed by atoms with van der Waals surface area (Å²) < 4.78 is 1.85. The molecule has 27 heavy (non-hydrogen) atoms. The predicted octanol–water partition coefficient (Wildman–Crippen LogP) is 3.15. The standard InChI is InChI=1S/C22H21N3O2/c26-12-11-25-15-24-20-8-7-19(14-21(20)25)22(27)23-10-9-16-5-6-17-3-1-2-4-18(17)13-16/h1-8,13-15,26H,9-12H2,(H,23,27). The van der Waals surface area contributed by atoms with E-state index in [1.165, 1.54) is 16.3 Å². The molecule has 0 saturated heterocycles. The molecule has 1 heterocycles. The van der Waals surface area contributed by atoms with Gasteiger partial charge in [-0.05, 0) is 41.0 Å². The van der Waals surface area contributed by atoms with Gasteiger partial charge >= 0.3 is 0 Å². The van der Waals surface area contributed by atoms with Gasteiger partial charge in [-0.1, -0.05) is 42.5 Å². The van der Waals surface area contributed by atoms with Crippen LogP contribution < -0.4 is 5.32 Å². The Morgan fingerprint density at radius 3 is 2.74 bits per heavy atom. The third-order valence-corrected chi connectivity index (χ3v) is 4.74. The number of aliphatic hydroxyl groups excluding tert-OH is 1. The number of nitrogens with one attached hydrogen (secondary N) is 1. The van der Waals surface area contributed by atoms with E-state index in [0.29, 0.717) is 18.7 Å². The molecule has 0 unspecified atom stereocenters. The van der Waals surface area contributed by atoms with Gasteiger partial charge in [0.2, 0.25) is 0 Å². The molecule has 4 rings (SSSR count). The van der Waals surface area contributed by atoms with Gasteiger partial charge in [-0.15, -0.1) is 0 Å². The summed E-state index contributed by atoms with van der Waals surface area (Å²) in [4.78, 5) is 16.8. The normalized spacial score (nSPS) is 11.1. The Hall–Kier alpha value is -3.18. The van der Waals surface area contributed by atoms with Crippen molar-refractivity contribution in [1.29, 1.82) is 0 Å². The number of carbonyl (C=O) groups is 1. The van der Waals surface area contributed by atoms with E-state index in [2.05, 4.69) is 40.6 Å². The highest BCUT2D eigenvalue weighted by Crippen LogP contribution is 2.17. The minimum Gasteiger partial charge on any atom is -0.395 e. The molecule has 1 amide bonds. The topological polar surface area (TPSA) is 67.2 Å². The van der Waals surface area contributed by atoms with Crippen LogP contribution in [0.2, 0.25) is 0 Å². The molecule has 0 aliphatic heterocycles. The molecule has 0 aliphatic rings. The quantitative estimate of drug-likeness (QED) is 0.556. The second-order valence-electron chi connectivity index (χ2n) is 6.55. The molecule has 1 aromatic heterocycles. The van der Waals surface area contributed by atoms with Crippen LogP contribution in [0.5, 0.6) is 0 Å². The van der Waals surface area contributed by atoms with Crippen molar-refractivity contribution in [3.05, 3.63) is 78.1 Å². The first-order valence-corrected chi connectivity index (χ1v) is 9.06. The van der Waals surface area contributed by atoms with Gasteiger partial charge in [0.25, 0.3) is 5.91 Å². The fourth-order valence-corrected chi connectivity index (χ4v) is 3.30. The van der Waals surface area contributed by atoms with Crippen molar-refractivity contribution in [3.8, 4) is 0 Å². The molecule has 2 N–H and O–H groups in total. The number of aliphatic hydroxyl groups is 1. The van der Waals surface area contributed by atoms with Crippen LogP contribution in [-0.4, -0.2) is 33.7 Å². The zero-order valence-electron chi connectivity index (χ0n) is 14.9. The van der Waals surface area contributed by atoms with E-state index in [1.54, 1.807) is 12.4 Å². The lowest BCUT2D eigenvalue weighted by Gasteiger charge is -2.07. The SMILES string of the molecule is O=C(NCCc1ccc2ccccc2c1)c1ccc2ncn(CCO)c2c1. The van der Waals surface area contributed by atoms with Gasteiger partial charge in [-0.25, -0.2) is 4.98 Å². The van der Waals surface area contributed by atoms with Gasteiger partial charge in [-0.3, -0.25) is 4.79 Å². The third kappa shape index (κ3) is 3.68. The summed E-state index contributed by atoms with van der Waals surface area (Å²) in [6, 6.07) is 20.1. The van der Waals surface area contributed by atoms with E-state index in [9.17, 15) is 4.79 Å². The van der Waals surface area contributed by atoms with Crippen molar-refractivity contribution in [1.82, 2.24) is 14.9 Å². The number of amides is 1. The average Bonchev–Trinajstić information content (AvgIpc) is 3.10. The lowest BCUT2D eigenvalue weighted by molar-refractivity contribution is 0.0954. The summed E-state index contributed by atoms with van der Waals surface area (Å²) in [5, 5.41) is 14.6. The largest absolute Gasteiger partial charge is 0.395 e. The van der Waals surface area contributed by atoms with Gasteiger partial charge < -0.3 is 15.0 Å². The molecule has 0 atom stereocenters. The number of rotatable bonds is 6. The van der Waals surface area contributed by atoms with Crippen molar-refractivity contribution >= 4 is 27.7 Å². The fourth-order valence-electron chi connectivity index (χ4n) is 3.30. The number of aromatic nitrogens is 2. The van der Waals surface area contributed by atoms with Crippen LogP contribution in [0.4, 0.5) is 0 Å². The fraction of sp³-hybridized carbons (Fsp3) is 0.182. The van der Waals surface area contributed by atoms with Gasteiger partial charge in [0.1, 0.15) is 0 Å². The first-order chi connectivity index (χ1) is 13.2. The van der Waals surface area contributed by atoms with Crippen molar-refractivity contribution < 1.29 is 9.90 Å². The van der Waals surface area contributed by atoms with Crippen molar-refractivity contribution in [2.75, 3.05) is 13.2 Å². The van der Waals surface area contributed by atoms with Gasteiger partial charge in [0.05, 0.1) is 24.0 Å². The maximum Gasteiger partial charge on any atom is 0.251 e. The molecule has 0 radical (unpaired) electrons. The molecular weight excluding hydrogens is 338 g/mol. The number of nitrogens with zero attached hydrogens (tertiary/aromatic N) is 2. The number of carbonyl (C=O) groups excluding carboxylic acids is 1. The zero-order valence-corrected chi connectivity index (χ0v) is 14.9. The smallest absolute Gasteiger partial charge is 0.251 e. The lowest BCUT2D eigenvalue weighted by atomic mass is 10.1. The zero-order chi connectivity index (χ0) is 18.6. The van der Waals surface area contributed by atoms with E-state index in [1.807, 2.05) is 28.8 Å². The Kier molecular flexibility index (Phi) is 4.85. The van der Waals surface area contributed by atoms with Gasteiger partial charge in [-0.2, -0.15) is 0 Å². The molecule has 5 heteroatoms. The molecule has 3 aromatic carbocycles.